The standard InChI is InChI=1S/C42H30N2/c1-4-14-31(15-5-1)32-26-28-34(29-27-32)43-30-40(38-23-12-17-33-16-10-11-22-37(33)38)39-24-13-25-41(42(39)43)44(35-18-6-2-7-19-35)36-20-8-3-9-21-36/h1-30H. The third kappa shape index (κ3) is 4.54. The van der Waals surface area contributed by atoms with Crippen LogP contribution in [0.2, 0.25) is 0 Å². The maximum Gasteiger partial charge on any atom is 0.0777 e. The number of para-hydroxylation sites is 3. The fourth-order valence-electron chi connectivity index (χ4n) is 6.35. The summed E-state index contributed by atoms with van der Waals surface area (Å²) in [6.45, 7) is 0. The number of hydrogen-bond acceptors (Lipinski definition) is 1. The molecule has 0 aliphatic rings. The highest BCUT2D eigenvalue weighted by molar-refractivity contribution is 6.10. The molecule has 0 radical (unpaired) electrons. The molecule has 0 amide bonds. The molecule has 0 fully saturated rings. The predicted molar refractivity (Wildman–Crippen MR) is 186 cm³/mol. The summed E-state index contributed by atoms with van der Waals surface area (Å²) in [5.41, 5.74) is 10.5. The van der Waals surface area contributed by atoms with E-state index in [1.165, 1.54) is 38.4 Å². The van der Waals surface area contributed by atoms with Gasteiger partial charge in [0.1, 0.15) is 0 Å². The summed E-state index contributed by atoms with van der Waals surface area (Å²) < 4.78 is 2.37. The highest BCUT2D eigenvalue weighted by atomic mass is 15.2. The van der Waals surface area contributed by atoms with Gasteiger partial charge >= 0.3 is 0 Å². The molecule has 0 bridgehead atoms. The summed E-state index contributed by atoms with van der Waals surface area (Å²) in [5.74, 6) is 0. The maximum atomic E-state index is 2.37. The summed E-state index contributed by atoms with van der Waals surface area (Å²) in [7, 11) is 0. The Hall–Kier alpha value is -5.86. The molecule has 44 heavy (non-hydrogen) atoms. The summed E-state index contributed by atoms with van der Waals surface area (Å²) in [5, 5.41) is 3.70. The van der Waals surface area contributed by atoms with Gasteiger partial charge in [0.05, 0.1) is 11.2 Å². The molecule has 1 aromatic heterocycles. The molecular formula is C42H30N2. The van der Waals surface area contributed by atoms with Crippen molar-refractivity contribution in [1.29, 1.82) is 0 Å². The van der Waals surface area contributed by atoms with Crippen molar-refractivity contribution < 1.29 is 0 Å². The molecule has 7 aromatic carbocycles. The summed E-state index contributed by atoms with van der Waals surface area (Å²) in [6, 6.07) is 62.7. The largest absolute Gasteiger partial charge is 0.314 e. The van der Waals surface area contributed by atoms with Gasteiger partial charge < -0.3 is 9.47 Å². The van der Waals surface area contributed by atoms with Crippen LogP contribution in [0.15, 0.2) is 182 Å². The van der Waals surface area contributed by atoms with E-state index >= 15 is 0 Å². The zero-order valence-electron chi connectivity index (χ0n) is 24.2. The highest BCUT2D eigenvalue weighted by Gasteiger charge is 2.21. The SMILES string of the molecule is c1ccc(-c2ccc(-n3cc(-c4cccc5ccccc45)c4cccc(N(c5ccccc5)c5ccccc5)c43)cc2)cc1. The smallest absolute Gasteiger partial charge is 0.0777 e. The topological polar surface area (TPSA) is 8.17 Å². The van der Waals surface area contributed by atoms with Crippen molar-refractivity contribution in [2.24, 2.45) is 0 Å². The first-order valence-electron chi connectivity index (χ1n) is 15.0. The van der Waals surface area contributed by atoms with E-state index in [4.69, 9.17) is 0 Å². The average molecular weight is 563 g/mol. The second-order valence-electron chi connectivity index (χ2n) is 11.0. The molecule has 2 nitrogen and oxygen atoms in total. The molecular weight excluding hydrogens is 532 g/mol. The first-order valence-corrected chi connectivity index (χ1v) is 15.0. The first kappa shape index (κ1) is 25.8. The van der Waals surface area contributed by atoms with Crippen molar-refractivity contribution in [2.75, 3.05) is 4.90 Å². The lowest BCUT2D eigenvalue weighted by Gasteiger charge is -2.27. The number of hydrogen-bond donors (Lipinski definition) is 0. The van der Waals surface area contributed by atoms with Crippen molar-refractivity contribution in [3.63, 3.8) is 0 Å². The normalized spacial score (nSPS) is 11.2. The lowest BCUT2D eigenvalue weighted by Crippen LogP contribution is -2.11. The molecule has 0 unspecified atom stereocenters. The van der Waals surface area contributed by atoms with Gasteiger partial charge in [-0.25, -0.2) is 0 Å². The summed E-state index contributed by atoms with van der Waals surface area (Å²) in [6.07, 6.45) is 2.32. The lowest BCUT2D eigenvalue weighted by atomic mass is 9.97. The zero-order valence-corrected chi connectivity index (χ0v) is 24.2. The lowest BCUT2D eigenvalue weighted by molar-refractivity contribution is 1.12. The van der Waals surface area contributed by atoms with E-state index in [0.29, 0.717) is 0 Å². The van der Waals surface area contributed by atoms with Gasteiger partial charge in [0.25, 0.3) is 0 Å². The van der Waals surface area contributed by atoms with Gasteiger partial charge in [0, 0.05) is 34.2 Å². The van der Waals surface area contributed by atoms with Crippen LogP contribution in [0.3, 0.4) is 0 Å². The van der Waals surface area contributed by atoms with Crippen LogP contribution in [0.5, 0.6) is 0 Å². The Morgan fingerprint density at radius 3 is 1.64 bits per heavy atom. The van der Waals surface area contributed by atoms with Crippen LogP contribution in [0.4, 0.5) is 17.1 Å². The molecule has 2 heteroatoms. The van der Waals surface area contributed by atoms with E-state index in [1.54, 1.807) is 0 Å². The number of fused-ring (bicyclic) bond motifs is 2. The van der Waals surface area contributed by atoms with Crippen LogP contribution in [0.1, 0.15) is 0 Å². The second kappa shape index (κ2) is 11.1. The molecule has 0 saturated carbocycles. The molecule has 1 heterocycles. The minimum absolute atomic E-state index is 1.12. The Morgan fingerprint density at radius 1 is 0.386 bits per heavy atom. The average Bonchev–Trinajstić information content (AvgIpc) is 3.50. The van der Waals surface area contributed by atoms with Crippen LogP contribution in [0.25, 0.3) is 49.6 Å². The van der Waals surface area contributed by atoms with E-state index in [2.05, 4.69) is 192 Å². The fraction of sp³-hybridized carbons (Fsp3) is 0. The van der Waals surface area contributed by atoms with Crippen molar-refractivity contribution >= 4 is 38.7 Å². The Morgan fingerprint density at radius 2 is 0.932 bits per heavy atom. The molecule has 8 aromatic rings. The van der Waals surface area contributed by atoms with Crippen LogP contribution in [-0.4, -0.2) is 4.57 Å². The fourth-order valence-corrected chi connectivity index (χ4v) is 6.35. The third-order valence-corrected chi connectivity index (χ3v) is 8.41. The number of aromatic nitrogens is 1. The minimum Gasteiger partial charge on any atom is -0.314 e. The molecule has 0 N–H and O–H groups in total. The van der Waals surface area contributed by atoms with E-state index in [-0.39, 0.29) is 0 Å². The monoisotopic (exact) mass is 562 g/mol. The van der Waals surface area contributed by atoms with E-state index < -0.39 is 0 Å². The zero-order chi connectivity index (χ0) is 29.3. The van der Waals surface area contributed by atoms with Crippen LogP contribution in [-0.2, 0) is 0 Å². The van der Waals surface area contributed by atoms with Gasteiger partial charge in [-0.15, -0.1) is 0 Å². The molecule has 0 atom stereocenters. The van der Waals surface area contributed by atoms with Gasteiger partial charge in [-0.3, -0.25) is 0 Å². The molecule has 0 aliphatic carbocycles. The van der Waals surface area contributed by atoms with Gasteiger partial charge in [0.15, 0.2) is 0 Å². The first-order chi connectivity index (χ1) is 21.8. The number of benzene rings is 7. The number of nitrogens with zero attached hydrogens (tertiary/aromatic N) is 2. The molecule has 0 spiro atoms. The Labute approximate surface area is 257 Å². The van der Waals surface area contributed by atoms with Gasteiger partial charge in [0.2, 0.25) is 0 Å². The molecule has 8 rings (SSSR count). The van der Waals surface area contributed by atoms with E-state index in [1.807, 2.05) is 0 Å². The number of rotatable bonds is 6. The number of anilines is 3. The van der Waals surface area contributed by atoms with Crippen molar-refractivity contribution in [3.05, 3.63) is 182 Å². The van der Waals surface area contributed by atoms with Gasteiger partial charge in [-0.1, -0.05) is 133 Å². The highest BCUT2D eigenvalue weighted by Crippen LogP contribution is 2.44. The third-order valence-electron chi connectivity index (χ3n) is 8.41. The second-order valence-corrected chi connectivity index (χ2v) is 11.0. The Bertz CT molecular complexity index is 2150. The quantitative estimate of drug-likeness (QED) is 0.196. The van der Waals surface area contributed by atoms with Crippen LogP contribution >= 0.6 is 0 Å². The Balaban J connectivity index is 1.41. The van der Waals surface area contributed by atoms with Crippen molar-refractivity contribution in [3.8, 4) is 27.9 Å². The van der Waals surface area contributed by atoms with Crippen LogP contribution in [0, 0.1) is 0 Å². The summed E-state index contributed by atoms with van der Waals surface area (Å²) >= 11 is 0. The van der Waals surface area contributed by atoms with Gasteiger partial charge in [-0.2, -0.15) is 0 Å². The van der Waals surface area contributed by atoms with Gasteiger partial charge in [-0.05, 0) is 69.9 Å². The molecule has 208 valence electrons. The molecule has 0 saturated heterocycles. The minimum atomic E-state index is 1.12. The van der Waals surface area contributed by atoms with Crippen molar-refractivity contribution in [1.82, 2.24) is 4.57 Å². The van der Waals surface area contributed by atoms with Crippen molar-refractivity contribution in [2.45, 2.75) is 0 Å². The maximum absolute atomic E-state index is 2.37. The summed E-state index contributed by atoms with van der Waals surface area (Å²) in [4.78, 5) is 2.37. The van der Waals surface area contributed by atoms with E-state index in [9.17, 15) is 0 Å². The molecule has 0 aliphatic heterocycles. The predicted octanol–water partition coefficient (Wildman–Crippen LogP) is 11.6. The van der Waals surface area contributed by atoms with Crippen LogP contribution < -0.4 is 4.90 Å². The van der Waals surface area contributed by atoms with E-state index in [0.717, 1.165) is 28.3 Å². The Kier molecular flexibility index (Phi) is 6.51.